The van der Waals surface area contributed by atoms with E-state index in [0.717, 1.165) is 50.0 Å². The number of halogens is 1. The summed E-state index contributed by atoms with van der Waals surface area (Å²) in [5.41, 5.74) is 4.26. The minimum absolute atomic E-state index is 0.0408. The van der Waals surface area contributed by atoms with E-state index < -0.39 is 11.7 Å². The van der Waals surface area contributed by atoms with Crippen molar-refractivity contribution in [2.24, 2.45) is 5.92 Å². The quantitative estimate of drug-likeness (QED) is 0.257. The van der Waals surface area contributed by atoms with Crippen LogP contribution in [0.25, 0.3) is 0 Å². The molecule has 6 heteroatoms. The number of hydrogen-bond donors (Lipinski definition) is 2. The number of nitrogens with zero attached hydrogens (tertiary/aromatic N) is 1. The van der Waals surface area contributed by atoms with Crippen LogP contribution in [0.2, 0.25) is 0 Å². The maximum Gasteiger partial charge on any atom is 0.258 e. The van der Waals surface area contributed by atoms with Gasteiger partial charge in [-0.3, -0.25) is 9.59 Å². The number of rotatable bonds is 9. The van der Waals surface area contributed by atoms with Gasteiger partial charge in [-0.2, -0.15) is 0 Å². The second-order valence-electron chi connectivity index (χ2n) is 10.3. The number of amides is 2. The van der Waals surface area contributed by atoms with Crippen molar-refractivity contribution in [2.75, 3.05) is 29.9 Å². The first-order valence-corrected chi connectivity index (χ1v) is 13.9. The Hall–Kier alpha value is -4.45. The Morgan fingerprint density at radius 2 is 1.40 bits per heavy atom. The first-order valence-electron chi connectivity index (χ1n) is 13.9. The van der Waals surface area contributed by atoms with E-state index in [1.807, 2.05) is 42.5 Å². The molecule has 1 fully saturated rings. The van der Waals surface area contributed by atoms with Gasteiger partial charge in [0.2, 0.25) is 0 Å². The van der Waals surface area contributed by atoms with Gasteiger partial charge in [-0.15, -0.1) is 0 Å². The molecule has 204 valence electrons. The van der Waals surface area contributed by atoms with Crippen molar-refractivity contribution in [2.45, 2.75) is 25.7 Å². The van der Waals surface area contributed by atoms with Gasteiger partial charge < -0.3 is 15.5 Å². The molecule has 4 aromatic rings. The number of hydrogen-bond acceptors (Lipinski definition) is 3. The van der Waals surface area contributed by atoms with Crippen LogP contribution in [0.15, 0.2) is 103 Å². The van der Waals surface area contributed by atoms with Crippen molar-refractivity contribution in [3.63, 3.8) is 0 Å². The summed E-state index contributed by atoms with van der Waals surface area (Å²) in [6.45, 7) is 2.19. The molecule has 0 saturated carbocycles. The van der Waals surface area contributed by atoms with Crippen molar-refractivity contribution in [1.82, 2.24) is 5.32 Å². The molecule has 1 heterocycles. The average Bonchev–Trinajstić information content (AvgIpc) is 2.99. The lowest BCUT2D eigenvalue weighted by Crippen LogP contribution is -2.36. The first kappa shape index (κ1) is 27.1. The van der Waals surface area contributed by atoms with E-state index in [4.69, 9.17) is 0 Å². The molecule has 5 rings (SSSR count). The van der Waals surface area contributed by atoms with Gasteiger partial charge >= 0.3 is 0 Å². The van der Waals surface area contributed by atoms with Gasteiger partial charge in [-0.25, -0.2) is 4.39 Å². The van der Waals surface area contributed by atoms with E-state index in [-0.39, 0.29) is 11.5 Å². The highest BCUT2D eigenvalue weighted by molar-refractivity contribution is 6.06. The number of piperidine rings is 1. The molecule has 0 spiro atoms. The summed E-state index contributed by atoms with van der Waals surface area (Å²) in [6, 6.07) is 31.8. The molecular formula is C34H34FN3O2. The van der Waals surface area contributed by atoms with E-state index in [1.165, 1.54) is 17.7 Å². The third-order valence-electron chi connectivity index (χ3n) is 7.48. The van der Waals surface area contributed by atoms with Crippen LogP contribution in [0.5, 0.6) is 0 Å². The fraction of sp³-hybridized carbons (Fsp3) is 0.235. The van der Waals surface area contributed by atoms with Crippen LogP contribution in [0, 0.1) is 11.7 Å². The second kappa shape index (κ2) is 13.1. The minimum Gasteiger partial charge on any atom is -0.371 e. The number of anilines is 2. The normalized spacial score (nSPS) is 13.6. The zero-order valence-electron chi connectivity index (χ0n) is 22.5. The molecule has 0 atom stereocenters. The summed E-state index contributed by atoms with van der Waals surface area (Å²) >= 11 is 0. The summed E-state index contributed by atoms with van der Waals surface area (Å²) in [5, 5.41) is 5.81. The van der Waals surface area contributed by atoms with Crippen molar-refractivity contribution >= 4 is 23.2 Å². The zero-order chi connectivity index (χ0) is 27.7. The standard InChI is InChI=1S/C34H34FN3O2/c35-31-14-8-7-13-29(31)34(40)37-28-15-16-32(30(24-28)33(39)36-20-17-25-9-3-1-4-10-25)38-21-18-27(19-22-38)23-26-11-5-2-6-12-26/h1-16,24,27H,17-23H2,(H,36,39)(H,37,40). The van der Waals surface area contributed by atoms with E-state index in [2.05, 4.69) is 39.8 Å². The van der Waals surface area contributed by atoms with Gasteiger partial charge in [-0.05, 0) is 73.1 Å². The molecule has 0 aliphatic carbocycles. The zero-order valence-corrected chi connectivity index (χ0v) is 22.5. The van der Waals surface area contributed by atoms with E-state index in [0.29, 0.717) is 23.7 Å². The lowest BCUT2D eigenvalue weighted by atomic mass is 9.89. The highest BCUT2D eigenvalue weighted by atomic mass is 19.1. The van der Waals surface area contributed by atoms with Gasteiger partial charge in [-0.1, -0.05) is 72.8 Å². The topological polar surface area (TPSA) is 61.4 Å². The van der Waals surface area contributed by atoms with Crippen molar-refractivity contribution in [3.8, 4) is 0 Å². The third kappa shape index (κ3) is 6.94. The largest absolute Gasteiger partial charge is 0.371 e. The average molecular weight is 536 g/mol. The summed E-state index contributed by atoms with van der Waals surface area (Å²) in [4.78, 5) is 28.5. The number of benzene rings is 4. The Labute approximate surface area is 235 Å². The second-order valence-corrected chi connectivity index (χ2v) is 10.3. The third-order valence-corrected chi connectivity index (χ3v) is 7.48. The smallest absolute Gasteiger partial charge is 0.258 e. The van der Waals surface area contributed by atoms with Crippen LogP contribution >= 0.6 is 0 Å². The summed E-state index contributed by atoms with van der Waals surface area (Å²) in [5.74, 6) is -0.739. The molecule has 40 heavy (non-hydrogen) atoms. The van der Waals surface area contributed by atoms with Gasteiger partial charge in [0.25, 0.3) is 11.8 Å². The Balaban J connectivity index is 1.31. The van der Waals surface area contributed by atoms with Crippen LogP contribution in [0.3, 0.4) is 0 Å². The molecule has 1 aliphatic heterocycles. The van der Waals surface area contributed by atoms with E-state index in [9.17, 15) is 14.0 Å². The number of carbonyl (C=O) groups is 2. The van der Waals surface area contributed by atoms with Crippen molar-refractivity contribution in [3.05, 3.63) is 131 Å². The SMILES string of the molecule is O=C(Nc1ccc(N2CCC(Cc3ccccc3)CC2)c(C(=O)NCCc2ccccc2)c1)c1ccccc1F. The van der Waals surface area contributed by atoms with Crippen LogP contribution in [0.4, 0.5) is 15.8 Å². The Morgan fingerprint density at radius 3 is 2.10 bits per heavy atom. The molecule has 4 aromatic carbocycles. The monoisotopic (exact) mass is 535 g/mol. The Morgan fingerprint density at radius 1 is 0.750 bits per heavy atom. The minimum atomic E-state index is -0.589. The lowest BCUT2D eigenvalue weighted by molar-refractivity contribution is 0.0953. The number of carbonyl (C=O) groups excluding carboxylic acids is 2. The molecule has 1 saturated heterocycles. The van der Waals surface area contributed by atoms with Crippen molar-refractivity contribution < 1.29 is 14.0 Å². The maximum absolute atomic E-state index is 14.2. The Bertz CT molecular complexity index is 1430. The predicted molar refractivity (Wildman–Crippen MR) is 158 cm³/mol. The molecule has 0 radical (unpaired) electrons. The highest BCUT2D eigenvalue weighted by Gasteiger charge is 2.24. The van der Waals surface area contributed by atoms with Crippen LogP contribution in [-0.2, 0) is 12.8 Å². The molecule has 2 N–H and O–H groups in total. The molecule has 0 aromatic heterocycles. The molecule has 5 nitrogen and oxygen atoms in total. The Kier molecular flexibility index (Phi) is 8.86. The highest BCUT2D eigenvalue weighted by Crippen LogP contribution is 2.30. The molecule has 0 bridgehead atoms. The fourth-order valence-electron chi connectivity index (χ4n) is 5.30. The van der Waals surface area contributed by atoms with Gasteiger partial charge in [0, 0.05) is 31.0 Å². The summed E-state index contributed by atoms with van der Waals surface area (Å²) in [7, 11) is 0. The lowest BCUT2D eigenvalue weighted by Gasteiger charge is -2.35. The fourth-order valence-corrected chi connectivity index (χ4v) is 5.30. The molecular weight excluding hydrogens is 501 g/mol. The maximum atomic E-state index is 14.2. The number of nitrogens with one attached hydrogen (secondary N) is 2. The predicted octanol–water partition coefficient (Wildman–Crippen LogP) is 6.51. The van der Waals surface area contributed by atoms with Crippen LogP contribution in [-0.4, -0.2) is 31.4 Å². The van der Waals surface area contributed by atoms with Gasteiger partial charge in [0.05, 0.1) is 11.1 Å². The van der Waals surface area contributed by atoms with Gasteiger partial charge in [0.1, 0.15) is 5.82 Å². The summed E-state index contributed by atoms with van der Waals surface area (Å²) in [6.07, 6.45) is 3.85. The van der Waals surface area contributed by atoms with Crippen LogP contribution < -0.4 is 15.5 Å². The van der Waals surface area contributed by atoms with E-state index in [1.54, 1.807) is 24.3 Å². The van der Waals surface area contributed by atoms with Crippen LogP contribution in [0.1, 0.15) is 44.7 Å². The molecule has 2 amide bonds. The van der Waals surface area contributed by atoms with Gasteiger partial charge in [0.15, 0.2) is 0 Å². The summed E-state index contributed by atoms with van der Waals surface area (Å²) < 4.78 is 14.2. The first-order chi connectivity index (χ1) is 19.6. The van der Waals surface area contributed by atoms with E-state index >= 15 is 0 Å². The molecule has 1 aliphatic rings. The molecule has 0 unspecified atom stereocenters. The van der Waals surface area contributed by atoms with Crippen molar-refractivity contribution in [1.29, 1.82) is 0 Å².